The van der Waals surface area contributed by atoms with E-state index in [1.165, 1.54) is 27.5 Å². The first-order valence-corrected chi connectivity index (χ1v) is 10.7. The van der Waals surface area contributed by atoms with Crippen LogP contribution in [0.25, 0.3) is 22.9 Å². The maximum absolute atomic E-state index is 6.29. The van der Waals surface area contributed by atoms with E-state index >= 15 is 0 Å². The van der Waals surface area contributed by atoms with Crippen molar-refractivity contribution < 1.29 is 0 Å². The van der Waals surface area contributed by atoms with E-state index in [1.807, 2.05) is 12.1 Å². The summed E-state index contributed by atoms with van der Waals surface area (Å²) in [6.07, 6.45) is 5.26. The number of hydrogen-bond donors (Lipinski definition) is 2. The molecular formula is C28H25N3. The fourth-order valence-electron chi connectivity index (χ4n) is 4.32. The molecule has 4 aromatic carbocycles. The zero-order valence-corrected chi connectivity index (χ0v) is 17.5. The third kappa shape index (κ3) is 3.95. The van der Waals surface area contributed by atoms with Crippen LogP contribution in [-0.2, 0) is 6.42 Å². The van der Waals surface area contributed by atoms with E-state index in [0.29, 0.717) is 11.9 Å². The summed E-state index contributed by atoms with van der Waals surface area (Å²) < 4.78 is 0. The van der Waals surface area contributed by atoms with Crippen molar-refractivity contribution >= 4 is 40.3 Å². The second-order valence-electron chi connectivity index (χ2n) is 8.12. The summed E-state index contributed by atoms with van der Waals surface area (Å²) >= 11 is 0. The fraction of sp³-hybridized carbons (Fsp3) is 0.107. The first-order chi connectivity index (χ1) is 15.2. The maximum Gasteiger partial charge on any atom is 0.198 e. The average molecular weight is 404 g/mol. The Morgan fingerprint density at radius 1 is 0.903 bits per heavy atom. The van der Waals surface area contributed by atoms with Gasteiger partial charge in [-0.2, -0.15) is 0 Å². The first kappa shape index (κ1) is 19.1. The lowest BCUT2D eigenvalue weighted by Gasteiger charge is -2.14. The highest BCUT2D eigenvalue weighted by Gasteiger charge is 2.13. The minimum Gasteiger partial charge on any atom is -0.369 e. The largest absolute Gasteiger partial charge is 0.369 e. The predicted octanol–water partition coefficient (Wildman–Crippen LogP) is 6.73. The van der Waals surface area contributed by atoms with Crippen LogP contribution in [0.2, 0.25) is 0 Å². The van der Waals surface area contributed by atoms with Gasteiger partial charge in [0.1, 0.15) is 0 Å². The quantitative estimate of drug-likeness (QED) is 0.252. The van der Waals surface area contributed by atoms with Gasteiger partial charge in [0.25, 0.3) is 0 Å². The van der Waals surface area contributed by atoms with Crippen molar-refractivity contribution in [1.82, 2.24) is 0 Å². The highest BCUT2D eigenvalue weighted by molar-refractivity contribution is 6.08. The van der Waals surface area contributed by atoms with E-state index in [4.69, 9.17) is 5.73 Å². The number of rotatable bonds is 5. The molecule has 4 aromatic rings. The van der Waals surface area contributed by atoms with Gasteiger partial charge in [-0.05, 0) is 58.0 Å². The molecule has 0 fully saturated rings. The second-order valence-corrected chi connectivity index (χ2v) is 8.12. The van der Waals surface area contributed by atoms with Crippen molar-refractivity contribution in [1.29, 1.82) is 0 Å². The van der Waals surface area contributed by atoms with Crippen LogP contribution in [0.15, 0.2) is 89.9 Å². The number of hydrogen-bond acceptors (Lipinski definition) is 1. The standard InChI is InChI=1S/C28H25N3/c1-19(17-20-7-3-2-4-8-20)23-11-6-12-24(18-23)30-28(29)31-26-16-14-22-10-5-9-21-13-15-25(26)27(21)22/h2-16,18-19H,17H2,1H3,(H3,29,30,31). The van der Waals surface area contributed by atoms with E-state index in [0.717, 1.165) is 23.4 Å². The van der Waals surface area contributed by atoms with Crippen LogP contribution in [0.4, 0.5) is 11.4 Å². The first-order valence-electron chi connectivity index (χ1n) is 10.7. The van der Waals surface area contributed by atoms with Gasteiger partial charge < -0.3 is 11.1 Å². The van der Waals surface area contributed by atoms with Crippen LogP contribution in [-0.4, -0.2) is 5.96 Å². The van der Waals surface area contributed by atoms with E-state index < -0.39 is 0 Å². The molecule has 31 heavy (non-hydrogen) atoms. The highest BCUT2D eigenvalue weighted by atomic mass is 15.1. The SMILES string of the molecule is CC(Cc1ccccc1)c1cccc(NC(N)=Nc2ccc3cccc4c3c2C=C4)c1. The summed E-state index contributed by atoms with van der Waals surface area (Å²) in [5, 5.41) is 5.74. The topological polar surface area (TPSA) is 50.4 Å². The molecule has 1 aliphatic carbocycles. The van der Waals surface area contributed by atoms with Gasteiger partial charge >= 0.3 is 0 Å². The van der Waals surface area contributed by atoms with Crippen LogP contribution in [0.1, 0.15) is 35.1 Å². The summed E-state index contributed by atoms with van der Waals surface area (Å²) in [5.41, 5.74) is 13.1. The van der Waals surface area contributed by atoms with Gasteiger partial charge in [-0.15, -0.1) is 0 Å². The van der Waals surface area contributed by atoms with Gasteiger partial charge in [-0.3, -0.25) is 0 Å². The maximum atomic E-state index is 6.29. The van der Waals surface area contributed by atoms with Crippen LogP contribution in [0.5, 0.6) is 0 Å². The molecule has 0 bridgehead atoms. The molecule has 5 rings (SSSR count). The van der Waals surface area contributed by atoms with Crippen molar-refractivity contribution in [3.8, 4) is 0 Å². The molecule has 0 heterocycles. The minimum absolute atomic E-state index is 0.390. The van der Waals surface area contributed by atoms with Crippen molar-refractivity contribution in [3.63, 3.8) is 0 Å². The number of guanidine groups is 1. The molecule has 152 valence electrons. The normalized spacial score (nSPS) is 13.5. The lowest BCUT2D eigenvalue weighted by Crippen LogP contribution is -2.22. The molecule has 0 amide bonds. The average Bonchev–Trinajstić information content (AvgIpc) is 3.22. The Morgan fingerprint density at radius 3 is 2.61 bits per heavy atom. The van der Waals surface area contributed by atoms with E-state index in [2.05, 4.69) is 102 Å². The number of nitrogens with one attached hydrogen (secondary N) is 1. The molecule has 1 atom stereocenters. The Bertz CT molecular complexity index is 1300. The summed E-state index contributed by atoms with van der Waals surface area (Å²) in [7, 11) is 0. The Kier molecular flexibility index (Phi) is 5.01. The van der Waals surface area contributed by atoms with E-state index in [-0.39, 0.29) is 0 Å². The molecule has 1 aliphatic rings. The van der Waals surface area contributed by atoms with E-state index in [9.17, 15) is 0 Å². The Labute approximate surface area is 183 Å². The molecule has 0 aliphatic heterocycles. The van der Waals surface area contributed by atoms with Crippen molar-refractivity contribution in [2.45, 2.75) is 19.3 Å². The third-order valence-electron chi connectivity index (χ3n) is 5.88. The third-order valence-corrected chi connectivity index (χ3v) is 5.88. The van der Waals surface area contributed by atoms with Crippen molar-refractivity contribution in [2.75, 3.05) is 5.32 Å². The van der Waals surface area contributed by atoms with Gasteiger partial charge in [0.15, 0.2) is 5.96 Å². The van der Waals surface area contributed by atoms with Gasteiger partial charge in [0.05, 0.1) is 5.69 Å². The predicted molar refractivity (Wildman–Crippen MR) is 133 cm³/mol. The van der Waals surface area contributed by atoms with Crippen LogP contribution in [0.3, 0.4) is 0 Å². The zero-order chi connectivity index (χ0) is 21.2. The molecule has 0 aromatic heterocycles. The van der Waals surface area contributed by atoms with E-state index in [1.54, 1.807) is 0 Å². The highest BCUT2D eigenvalue weighted by Crippen LogP contribution is 2.37. The molecule has 3 N–H and O–H groups in total. The number of nitrogens with two attached hydrogens (primary N) is 1. The number of benzene rings is 4. The monoisotopic (exact) mass is 403 g/mol. The molecule has 3 heteroatoms. The molecule has 0 radical (unpaired) electrons. The van der Waals surface area contributed by atoms with Crippen molar-refractivity contribution in [3.05, 3.63) is 107 Å². The zero-order valence-electron chi connectivity index (χ0n) is 17.5. The molecule has 0 saturated heterocycles. The second kappa shape index (κ2) is 8.11. The summed E-state index contributed by atoms with van der Waals surface area (Å²) in [4.78, 5) is 4.68. The van der Waals surface area contributed by atoms with Gasteiger partial charge in [-0.1, -0.05) is 85.8 Å². The fourth-order valence-corrected chi connectivity index (χ4v) is 4.32. The number of aliphatic imine (C=N–C) groups is 1. The summed E-state index contributed by atoms with van der Waals surface area (Å²) in [6.45, 7) is 2.25. The molecule has 0 saturated carbocycles. The molecule has 1 unspecified atom stereocenters. The van der Waals surface area contributed by atoms with Crippen LogP contribution in [0, 0.1) is 0 Å². The molecular weight excluding hydrogens is 378 g/mol. The lowest BCUT2D eigenvalue weighted by atomic mass is 9.93. The Balaban J connectivity index is 1.36. The smallest absolute Gasteiger partial charge is 0.198 e. The van der Waals surface area contributed by atoms with Crippen LogP contribution < -0.4 is 11.1 Å². The van der Waals surface area contributed by atoms with Gasteiger partial charge in [0.2, 0.25) is 0 Å². The Morgan fingerprint density at radius 2 is 1.74 bits per heavy atom. The summed E-state index contributed by atoms with van der Waals surface area (Å²) in [5.74, 6) is 0.799. The Hall–Kier alpha value is -3.85. The van der Waals surface area contributed by atoms with Crippen molar-refractivity contribution in [2.24, 2.45) is 10.7 Å². The molecule has 3 nitrogen and oxygen atoms in total. The number of anilines is 1. The lowest BCUT2D eigenvalue weighted by molar-refractivity contribution is 0.759. The summed E-state index contributed by atoms with van der Waals surface area (Å²) in [6, 6.07) is 29.5. The number of nitrogens with zero attached hydrogens (tertiary/aromatic N) is 1. The van der Waals surface area contributed by atoms with Gasteiger partial charge in [-0.25, -0.2) is 4.99 Å². The van der Waals surface area contributed by atoms with Crippen LogP contribution >= 0.6 is 0 Å². The molecule has 0 spiro atoms. The minimum atomic E-state index is 0.390. The van der Waals surface area contributed by atoms with Gasteiger partial charge in [0, 0.05) is 11.3 Å².